The summed E-state index contributed by atoms with van der Waals surface area (Å²) in [6.07, 6.45) is 2.07. The standard InChI is InChI=1S/C16H22N2O/c1-6-7-13(18-16(3,4)5)12-8-9-14-15(10-12)19-11(2)17-14/h8-10H,6-7H2,1-5H3/b18-13-. The van der Waals surface area contributed by atoms with Crippen molar-refractivity contribution in [3.63, 3.8) is 0 Å². The van der Waals surface area contributed by atoms with Crippen LogP contribution in [0, 0.1) is 6.92 Å². The van der Waals surface area contributed by atoms with Gasteiger partial charge in [0.25, 0.3) is 0 Å². The molecule has 2 aromatic rings. The van der Waals surface area contributed by atoms with Gasteiger partial charge in [-0.15, -0.1) is 0 Å². The molecule has 0 saturated heterocycles. The third kappa shape index (κ3) is 3.43. The molecule has 1 aromatic carbocycles. The number of aromatic nitrogens is 1. The van der Waals surface area contributed by atoms with Crippen molar-refractivity contribution in [3.8, 4) is 0 Å². The van der Waals surface area contributed by atoms with Crippen LogP contribution >= 0.6 is 0 Å². The van der Waals surface area contributed by atoms with Crippen molar-refractivity contribution in [1.29, 1.82) is 0 Å². The van der Waals surface area contributed by atoms with Crippen molar-refractivity contribution in [1.82, 2.24) is 4.98 Å². The van der Waals surface area contributed by atoms with Crippen LogP contribution in [0.3, 0.4) is 0 Å². The number of aryl methyl sites for hydroxylation is 1. The van der Waals surface area contributed by atoms with Gasteiger partial charge in [0, 0.05) is 12.6 Å². The van der Waals surface area contributed by atoms with Crippen LogP contribution in [0.1, 0.15) is 52.0 Å². The lowest BCUT2D eigenvalue weighted by atomic mass is 10.0. The molecule has 1 heterocycles. The molecule has 0 amide bonds. The van der Waals surface area contributed by atoms with E-state index in [1.165, 1.54) is 0 Å². The second kappa shape index (κ2) is 5.16. The van der Waals surface area contributed by atoms with E-state index in [1.807, 2.05) is 13.0 Å². The van der Waals surface area contributed by atoms with Crippen LogP contribution in [0.5, 0.6) is 0 Å². The van der Waals surface area contributed by atoms with E-state index >= 15 is 0 Å². The Kier molecular flexibility index (Phi) is 3.74. The van der Waals surface area contributed by atoms with E-state index in [-0.39, 0.29) is 5.54 Å². The number of fused-ring (bicyclic) bond motifs is 1. The summed E-state index contributed by atoms with van der Waals surface area (Å²) in [5.41, 5.74) is 3.98. The average Bonchev–Trinajstić information content (AvgIpc) is 2.65. The van der Waals surface area contributed by atoms with Crippen LogP contribution in [0.4, 0.5) is 0 Å². The molecule has 0 fully saturated rings. The zero-order valence-electron chi connectivity index (χ0n) is 12.4. The van der Waals surface area contributed by atoms with E-state index in [9.17, 15) is 0 Å². The third-order valence-corrected chi connectivity index (χ3v) is 2.79. The van der Waals surface area contributed by atoms with Crippen molar-refractivity contribution >= 4 is 16.8 Å². The van der Waals surface area contributed by atoms with Crippen molar-refractivity contribution in [2.75, 3.05) is 0 Å². The van der Waals surface area contributed by atoms with Gasteiger partial charge in [-0.3, -0.25) is 4.99 Å². The highest BCUT2D eigenvalue weighted by atomic mass is 16.3. The van der Waals surface area contributed by atoms with Crippen LogP contribution in [-0.2, 0) is 0 Å². The molecule has 3 heteroatoms. The van der Waals surface area contributed by atoms with Crippen LogP contribution in [-0.4, -0.2) is 16.2 Å². The fourth-order valence-corrected chi connectivity index (χ4v) is 2.13. The van der Waals surface area contributed by atoms with Gasteiger partial charge >= 0.3 is 0 Å². The Labute approximate surface area is 114 Å². The van der Waals surface area contributed by atoms with Crippen molar-refractivity contribution < 1.29 is 4.42 Å². The zero-order chi connectivity index (χ0) is 14.0. The topological polar surface area (TPSA) is 38.4 Å². The van der Waals surface area contributed by atoms with E-state index < -0.39 is 0 Å². The zero-order valence-corrected chi connectivity index (χ0v) is 12.4. The largest absolute Gasteiger partial charge is 0.441 e. The summed E-state index contributed by atoms with van der Waals surface area (Å²) >= 11 is 0. The van der Waals surface area contributed by atoms with Gasteiger partial charge in [0.2, 0.25) is 0 Å². The third-order valence-electron chi connectivity index (χ3n) is 2.79. The van der Waals surface area contributed by atoms with Crippen molar-refractivity contribution in [2.24, 2.45) is 4.99 Å². The predicted octanol–water partition coefficient (Wildman–Crippen LogP) is 4.52. The summed E-state index contributed by atoms with van der Waals surface area (Å²) in [5.74, 6) is 0.706. The second-order valence-corrected chi connectivity index (χ2v) is 5.89. The van der Waals surface area contributed by atoms with Crippen molar-refractivity contribution in [3.05, 3.63) is 29.7 Å². The van der Waals surface area contributed by atoms with Gasteiger partial charge in [0.15, 0.2) is 11.5 Å². The molecule has 0 bridgehead atoms. The Balaban J connectivity index is 2.47. The first-order valence-corrected chi connectivity index (χ1v) is 6.85. The SMILES string of the molecule is CCC/C(=N/C(C)(C)C)c1ccc2nc(C)oc2c1. The quantitative estimate of drug-likeness (QED) is 0.759. The molecule has 0 unspecified atom stereocenters. The van der Waals surface area contributed by atoms with Gasteiger partial charge in [-0.2, -0.15) is 0 Å². The number of hydrogen-bond donors (Lipinski definition) is 0. The monoisotopic (exact) mass is 258 g/mol. The van der Waals surface area contributed by atoms with E-state index in [0.29, 0.717) is 5.89 Å². The maximum absolute atomic E-state index is 5.60. The molecule has 2 rings (SSSR count). The number of rotatable bonds is 3. The average molecular weight is 258 g/mol. The minimum Gasteiger partial charge on any atom is -0.441 e. The lowest BCUT2D eigenvalue weighted by Crippen LogP contribution is -2.15. The molecule has 102 valence electrons. The molecular formula is C16H22N2O. The number of hydrogen-bond acceptors (Lipinski definition) is 3. The van der Waals surface area contributed by atoms with Gasteiger partial charge < -0.3 is 4.42 Å². The Morgan fingerprint density at radius 2 is 2.05 bits per heavy atom. The predicted molar refractivity (Wildman–Crippen MR) is 79.9 cm³/mol. The molecule has 0 spiro atoms. The molecule has 3 nitrogen and oxygen atoms in total. The lowest BCUT2D eigenvalue weighted by Gasteiger charge is -2.16. The Morgan fingerprint density at radius 3 is 2.68 bits per heavy atom. The highest BCUT2D eigenvalue weighted by molar-refractivity contribution is 6.02. The Bertz CT molecular complexity index is 603. The van der Waals surface area contributed by atoms with E-state index in [2.05, 4.69) is 44.8 Å². The van der Waals surface area contributed by atoms with E-state index in [1.54, 1.807) is 0 Å². The minimum absolute atomic E-state index is 0.0587. The number of benzene rings is 1. The highest BCUT2D eigenvalue weighted by Crippen LogP contribution is 2.20. The molecule has 0 N–H and O–H groups in total. The molecule has 0 aliphatic rings. The van der Waals surface area contributed by atoms with Gasteiger partial charge in [-0.25, -0.2) is 4.98 Å². The van der Waals surface area contributed by atoms with Crippen LogP contribution in [0.25, 0.3) is 11.1 Å². The number of nitrogens with zero attached hydrogens (tertiary/aromatic N) is 2. The van der Waals surface area contributed by atoms with Gasteiger partial charge in [-0.1, -0.05) is 19.4 Å². The van der Waals surface area contributed by atoms with E-state index in [4.69, 9.17) is 9.41 Å². The first-order chi connectivity index (χ1) is 8.89. The summed E-state index contributed by atoms with van der Waals surface area (Å²) < 4.78 is 5.60. The summed E-state index contributed by atoms with van der Waals surface area (Å²) in [6, 6.07) is 6.15. The fourth-order valence-electron chi connectivity index (χ4n) is 2.13. The molecule has 1 aromatic heterocycles. The number of aliphatic imine (C=N–C) groups is 1. The summed E-state index contributed by atoms with van der Waals surface area (Å²) in [7, 11) is 0. The molecule has 0 radical (unpaired) electrons. The first kappa shape index (κ1) is 13.8. The minimum atomic E-state index is -0.0587. The second-order valence-electron chi connectivity index (χ2n) is 5.89. The maximum atomic E-state index is 5.60. The van der Waals surface area contributed by atoms with Crippen LogP contribution in [0.15, 0.2) is 27.6 Å². The van der Waals surface area contributed by atoms with Gasteiger partial charge in [0.05, 0.1) is 5.54 Å². The molecule has 0 aliphatic carbocycles. The summed E-state index contributed by atoms with van der Waals surface area (Å²) in [4.78, 5) is 9.16. The Morgan fingerprint density at radius 1 is 1.32 bits per heavy atom. The molecule has 19 heavy (non-hydrogen) atoms. The van der Waals surface area contributed by atoms with Crippen molar-refractivity contribution in [2.45, 2.75) is 53.0 Å². The maximum Gasteiger partial charge on any atom is 0.192 e. The molecular weight excluding hydrogens is 236 g/mol. The van der Waals surface area contributed by atoms with Gasteiger partial charge in [0.1, 0.15) is 5.52 Å². The molecule has 0 saturated carbocycles. The first-order valence-electron chi connectivity index (χ1n) is 6.85. The van der Waals surface area contributed by atoms with Crippen LogP contribution < -0.4 is 0 Å². The summed E-state index contributed by atoms with van der Waals surface area (Å²) in [5, 5.41) is 0. The molecule has 0 aliphatic heterocycles. The fraction of sp³-hybridized carbons (Fsp3) is 0.500. The van der Waals surface area contributed by atoms with Crippen LogP contribution in [0.2, 0.25) is 0 Å². The Hall–Kier alpha value is -1.64. The summed E-state index contributed by atoms with van der Waals surface area (Å²) in [6.45, 7) is 10.4. The smallest absolute Gasteiger partial charge is 0.192 e. The highest BCUT2D eigenvalue weighted by Gasteiger charge is 2.12. The van der Waals surface area contributed by atoms with Gasteiger partial charge in [-0.05, 0) is 44.9 Å². The number of oxazole rings is 1. The lowest BCUT2D eigenvalue weighted by molar-refractivity contribution is 0.561. The van der Waals surface area contributed by atoms with E-state index in [0.717, 1.165) is 35.2 Å². The normalized spacial score (nSPS) is 13.2. The molecule has 0 atom stereocenters.